The molecule has 1 aliphatic rings. The van der Waals surface area contributed by atoms with Gasteiger partial charge in [0.05, 0.1) is 0 Å². The molecule has 0 saturated heterocycles. The molecule has 0 unspecified atom stereocenters. The molecule has 0 aromatic carbocycles. The summed E-state index contributed by atoms with van der Waals surface area (Å²) in [6, 6.07) is 0.546. The number of nitrogens with two attached hydrogens (primary N) is 1. The third-order valence-electron chi connectivity index (χ3n) is 2.75. The van der Waals surface area contributed by atoms with Crippen LogP contribution in [0.3, 0.4) is 0 Å². The Morgan fingerprint density at radius 2 is 2.06 bits per heavy atom. The van der Waals surface area contributed by atoms with Gasteiger partial charge in [-0.15, -0.1) is 24.0 Å². The Hall–Kier alpha value is -0.0400. The number of hydrogen-bond donors (Lipinski definition) is 2. The first kappa shape index (κ1) is 16.0. The molecular weight excluding hydrogens is 317 g/mol. The van der Waals surface area contributed by atoms with E-state index < -0.39 is 0 Å². The zero-order valence-corrected chi connectivity index (χ0v) is 12.4. The lowest BCUT2D eigenvalue weighted by Crippen LogP contribution is -2.41. The second-order valence-corrected chi connectivity index (χ2v) is 4.09. The van der Waals surface area contributed by atoms with E-state index in [0.29, 0.717) is 12.0 Å². The van der Waals surface area contributed by atoms with Crippen LogP contribution in [0.4, 0.5) is 0 Å². The Balaban J connectivity index is 0.00000225. The second-order valence-electron chi connectivity index (χ2n) is 4.09. The van der Waals surface area contributed by atoms with Crippen LogP contribution in [0.25, 0.3) is 0 Å². The number of nitrogens with one attached hydrogen (secondary N) is 1. The number of rotatable bonds is 5. The van der Waals surface area contributed by atoms with Gasteiger partial charge in [0.2, 0.25) is 0 Å². The molecular formula is C11H24IN3O. The zero-order chi connectivity index (χ0) is 10.9. The van der Waals surface area contributed by atoms with Gasteiger partial charge >= 0.3 is 0 Å². The number of hydrogen-bond acceptors (Lipinski definition) is 2. The lowest BCUT2D eigenvalue weighted by atomic mass is 9.96. The van der Waals surface area contributed by atoms with Crippen LogP contribution >= 0.6 is 24.0 Å². The Morgan fingerprint density at radius 1 is 1.38 bits per heavy atom. The maximum atomic E-state index is 5.78. The van der Waals surface area contributed by atoms with Gasteiger partial charge in [0, 0.05) is 26.3 Å². The molecule has 3 N–H and O–H groups in total. The van der Waals surface area contributed by atoms with Crippen molar-refractivity contribution in [1.29, 1.82) is 0 Å². The molecule has 0 bridgehead atoms. The number of guanidine groups is 1. The minimum atomic E-state index is 0. The number of aliphatic imine (C=N–C) groups is 1. The fraction of sp³-hybridized carbons (Fsp3) is 0.909. The highest BCUT2D eigenvalue weighted by atomic mass is 127. The fourth-order valence-electron chi connectivity index (χ4n) is 1.91. The number of methoxy groups -OCH3 is 1. The molecule has 0 heterocycles. The minimum Gasteiger partial charge on any atom is -0.385 e. The molecule has 4 nitrogen and oxygen atoms in total. The van der Waals surface area contributed by atoms with Crippen LogP contribution in [0.5, 0.6) is 0 Å². The molecule has 1 rings (SSSR count). The van der Waals surface area contributed by atoms with Gasteiger partial charge in [0.1, 0.15) is 0 Å². The zero-order valence-electron chi connectivity index (χ0n) is 10.1. The van der Waals surface area contributed by atoms with Crippen molar-refractivity contribution in [2.24, 2.45) is 10.7 Å². The average Bonchev–Trinajstić information content (AvgIpc) is 2.26. The van der Waals surface area contributed by atoms with E-state index in [1.54, 1.807) is 7.11 Å². The van der Waals surface area contributed by atoms with Crippen molar-refractivity contribution in [2.75, 3.05) is 20.3 Å². The summed E-state index contributed by atoms with van der Waals surface area (Å²) >= 11 is 0. The van der Waals surface area contributed by atoms with Gasteiger partial charge in [-0.05, 0) is 19.3 Å². The first-order valence-electron chi connectivity index (χ1n) is 5.88. The summed E-state index contributed by atoms with van der Waals surface area (Å²) in [7, 11) is 1.70. The fourth-order valence-corrected chi connectivity index (χ4v) is 1.91. The van der Waals surface area contributed by atoms with Crippen LogP contribution in [0.15, 0.2) is 4.99 Å². The Kier molecular flexibility index (Phi) is 10.1. The lowest BCUT2D eigenvalue weighted by molar-refractivity contribution is 0.197. The average molecular weight is 341 g/mol. The van der Waals surface area contributed by atoms with Crippen LogP contribution in [0.1, 0.15) is 38.5 Å². The Bertz CT molecular complexity index is 194. The molecule has 0 spiro atoms. The summed E-state index contributed by atoms with van der Waals surface area (Å²) < 4.78 is 4.94. The van der Waals surface area contributed by atoms with Gasteiger partial charge < -0.3 is 15.8 Å². The van der Waals surface area contributed by atoms with Gasteiger partial charge in [-0.1, -0.05) is 19.3 Å². The van der Waals surface area contributed by atoms with Crippen molar-refractivity contribution < 1.29 is 4.74 Å². The molecule has 0 aromatic heterocycles. The number of nitrogens with zero attached hydrogens (tertiary/aromatic N) is 1. The predicted molar refractivity (Wildman–Crippen MR) is 78.4 cm³/mol. The molecule has 0 atom stereocenters. The van der Waals surface area contributed by atoms with E-state index in [0.717, 1.165) is 19.6 Å². The Morgan fingerprint density at radius 3 is 2.69 bits per heavy atom. The van der Waals surface area contributed by atoms with Gasteiger partial charge in [0.15, 0.2) is 5.96 Å². The highest BCUT2D eigenvalue weighted by Gasteiger charge is 2.12. The monoisotopic (exact) mass is 341 g/mol. The summed E-state index contributed by atoms with van der Waals surface area (Å²) in [6.07, 6.45) is 7.39. The normalized spacial score (nSPS) is 17.9. The highest BCUT2D eigenvalue weighted by molar-refractivity contribution is 14.0. The maximum Gasteiger partial charge on any atom is 0.188 e. The van der Waals surface area contributed by atoms with Crippen LogP contribution in [0.2, 0.25) is 0 Å². The second kappa shape index (κ2) is 10.1. The van der Waals surface area contributed by atoms with Crippen LogP contribution < -0.4 is 11.1 Å². The highest BCUT2D eigenvalue weighted by Crippen LogP contribution is 2.16. The molecule has 0 aliphatic heterocycles. The molecule has 1 aliphatic carbocycles. The van der Waals surface area contributed by atoms with Gasteiger partial charge in [-0.2, -0.15) is 0 Å². The van der Waals surface area contributed by atoms with Crippen molar-refractivity contribution in [1.82, 2.24) is 5.32 Å². The number of ether oxygens (including phenoxy) is 1. The minimum absolute atomic E-state index is 0. The first-order chi connectivity index (χ1) is 7.33. The molecule has 1 fully saturated rings. The smallest absolute Gasteiger partial charge is 0.188 e. The molecule has 0 radical (unpaired) electrons. The topological polar surface area (TPSA) is 59.6 Å². The first-order valence-corrected chi connectivity index (χ1v) is 5.88. The van der Waals surface area contributed by atoms with E-state index in [4.69, 9.17) is 10.5 Å². The van der Waals surface area contributed by atoms with E-state index in [-0.39, 0.29) is 24.0 Å². The number of halogens is 1. The Labute approximate surface area is 115 Å². The molecule has 5 heteroatoms. The summed E-state index contributed by atoms with van der Waals surface area (Å²) in [5.41, 5.74) is 5.78. The van der Waals surface area contributed by atoms with Crippen molar-refractivity contribution in [3.05, 3.63) is 0 Å². The quantitative estimate of drug-likeness (QED) is 0.347. The van der Waals surface area contributed by atoms with Gasteiger partial charge in [-0.3, -0.25) is 4.99 Å². The summed E-state index contributed by atoms with van der Waals surface area (Å²) in [6.45, 7) is 1.50. The molecule has 0 aromatic rings. The lowest BCUT2D eigenvalue weighted by Gasteiger charge is -2.23. The van der Waals surface area contributed by atoms with Crippen LogP contribution in [-0.2, 0) is 4.74 Å². The third kappa shape index (κ3) is 7.27. The van der Waals surface area contributed by atoms with Crippen molar-refractivity contribution in [3.63, 3.8) is 0 Å². The van der Waals surface area contributed by atoms with Crippen LogP contribution in [0, 0.1) is 0 Å². The maximum absolute atomic E-state index is 5.78. The van der Waals surface area contributed by atoms with E-state index in [1.807, 2.05) is 0 Å². The van der Waals surface area contributed by atoms with Crippen molar-refractivity contribution >= 4 is 29.9 Å². The largest absolute Gasteiger partial charge is 0.385 e. The van der Waals surface area contributed by atoms with E-state index >= 15 is 0 Å². The van der Waals surface area contributed by atoms with Gasteiger partial charge in [0.25, 0.3) is 0 Å². The van der Waals surface area contributed by atoms with E-state index in [9.17, 15) is 0 Å². The summed E-state index contributed by atoms with van der Waals surface area (Å²) in [5, 5.41) is 3.28. The van der Waals surface area contributed by atoms with E-state index in [1.165, 1.54) is 32.1 Å². The van der Waals surface area contributed by atoms with Crippen molar-refractivity contribution in [3.8, 4) is 0 Å². The summed E-state index contributed by atoms with van der Waals surface area (Å²) in [5.74, 6) is 0.595. The molecule has 96 valence electrons. The standard InChI is InChI=1S/C11H23N3O.HI/c1-15-9-5-8-13-11(12)14-10-6-3-2-4-7-10;/h10H,2-9H2,1H3,(H3,12,13,14);1H. The SMILES string of the molecule is COCCCN=C(N)NC1CCCCC1.I. The molecule has 0 amide bonds. The van der Waals surface area contributed by atoms with Crippen LogP contribution in [-0.4, -0.2) is 32.3 Å². The predicted octanol–water partition coefficient (Wildman–Crippen LogP) is 1.88. The van der Waals surface area contributed by atoms with Gasteiger partial charge in [-0.25, -0.2) is 0 Å². The summed E-state index contributed by atoms with van der Waals surface area (Å²) in [4.78, 5) is 4.26. The third-order valence-corrected chi connectivity index (χ3v) is 2.75. The molecule has 1 saturated carbocycles. The molecule has 16 heavy (non-hydrogen) atoms. The van der Waals surface area contributed by atoms with E-state index in [2.05, 4.69) is 10.3 Å². The van der Waals surface area contributed by atoms with Crippen molar-refractivity contribution in [2.45, 2.75) is 44.6 Å².